The maximum absolute atomic E-state index is 9.78. The van der Waals surface area contributed by atoms with E-state index in [2.05, 4.69) is 12.2 Å². The van der Waals surface area contributed by atoms with Crippen LogP contribution in [0.1, 0.15) is 33.6 Å². The standard InChI is InChI=1S/C14H29NO3S/c1-12(2)18-7-6-17-10-13(16)9-15-11-14(3)5-4-8-19-14/h12-13,15-16H,4-11H2,1-3H3. The molecule has 0 aromatic heterocycles. The van der Waals surface area contributed by atoms with Crippen LogP contribution in [0, 0.1) is 0 Å². The van der Waals surface area contributed by atoms with Crippen molar-refractivity contribution in [1.82, 2.24) is 5.32 Å². The molecule has 0 amide bonds. The fourth-order valence-corrected chi connectivity index (χ4v) is 3.37. The largest absolute Gasteiger partial charge is 0.389 e. The fraction of sp³-hybridized carbons (Fsp3) is 1.00. The zero-order valence-electron chi connectivity index (χ0n) is 12.5. The Balaban J connectivity index is 1.94. The minimum absolute atomic E-state index is 0.236. The number of thioether (sulfide) groups is 1. The Morgan fingerprint density at radius 3 is 2.79 bits per heavy atom. The molecule has 19 heavy (non-hydrogen) atoms. The summed E-state index contributed by atoms with van der Waals surface area (Å²) in [6.07, 6.45) is 2.38. The van der Waals surface area contributed by atoms with Gasteiger partial charge < -0.3 is 19.9 Å². The van der Waals surface area contributed by atoms with Gasteiger partial charge in [-0.15, -0.1) is 0 Å². The Morgan fingerprint density at radius 2 is 2.16 bits per heavy atom. The Kier molecular flexibility index (Phi) is 8.34. The first-order valence-corrected chi connectivity index (χ1v) is 8.22. The summed E-state index contributed by atoms with van der Waals surface area (Å²) in [5, 5.41) is 13.1. The van der Waals surface area contributed by atoms with Gasteiger partial charge in [-0.25, -0.2) is 0 Å². The van der Waals surface area contributed by atoms with Gasteiger partial charge in [0, 0.05) is 17.8 Å². The molecule has 2 unspecified atom stereocenters. The van der Waals surface area contributed by atoms with Crippen LogP contribution in [0.15, 0.2) is 0 Å². The zero-order valence-corrected chi connectivity index (χ0v) is 13.3. The Bertz CT molecular complexity index is 233. The van der Waals surface area contributed by atoms with Gasteiger partial charge in [-0.1, -0.05) is 0 Å². The highest BCUT2D eigenvalue weighted by Gasteiger charge is 2.28. The van der Waals surface area contributed by atoms with Crippen molar-refractivity contribution >= 4 is 11.8 Å². The lowest BCUT2D eigenvalue weighted by Gasteiger charge is -2.24. The Hall–Kier alpha value is 0.190. The van der Waals surface area contributed by atoms with Gasteiger partial charge >= 0.3 is 0 Å². The molecule has 0 saturated carbocycles. The molecule has 4 nitrogen and oxygen atoms in total. The van der Waals surface area contributed by atoms with Crippen LogP contribution in [-0.4, -0.2) is 60.7 Å². The van der Waals surface area contributed by atoms with Crippen molar-refractivity contribution < 1.29 is 14.6 Å². The molecule has 5 heteroatoms. The van der Waals surface area contributed by atoms with E-state index in [0.29, 0.717) is 31.1 Å². The molecule has 2 atom stereocenters. The first-order chi connectivity index (χ1) is 9.02. The van der Waals surface area contributed by atoms with E-state index in [1.807, 2.05) is 25.6 Å². The minimum atomic E-state index is -0.436. The molecule has 0 aromatic carbocycles. The van der Waals surface area contributed by atoms with Gasteiger partial charge in [-0.2, -0.15) is 11.8 Å². The van der Waals surface area contributed by atoms with Gasteiger partial charge in [0.05, 0.1) is 32.0 Å². The van der Waals surface area contributed by atoms with E-state index in [4.69, 9.17) is 9.47 Å². The van der Waals surface area contributed by atoms with Crippen LogP contribution in [0.25, 0.3) is 0 Å². The fourth-order valence-electron chi connectivity index (χ4n) is 2.10. The molecule has 0 aromatic rings. The lowest BCUT2D eigenvalue weighted by atomic mass is 10.1. The predicted molar refractivity (Wildman–Crippen MR) is 80.9 cm³/mol. The molecule has 1 heterocycles. The van der Waals surface area contributed by atoms with E-state index >= 15 is 0 Å². The van der Waals surface area contributed by atoms with Crippen LogP contribution < -0.4 is 5.32 Å². The lowest BCUT2D eigenvalue weighted by molar-refractivity contribution is -0.00999. The normalized spacial score (nSPS) is 25.1. The van der Waals surface area contributed by atoms with Gasteiger partial charge in [0.15, 0.2) is 0 Å². The van der Waals surface area contributed by atoms with Crippen molar-refractivity contribution in [2.45, 2.75) is 50.6 Å². The van der Waals surface area contributed by atoms with Gasteiger partial charge in [-0.05, 0) is 39.4 Å². The second kappa shape index (κ2) is 9.19. The summed E-state index contributed by atoms with van der Waals surface area (Å²) < 4.78 is 11.1. The molecule has 1 fully saturated rings. The maximum atomic E-state index is 9.78. The van der Waals surface area contributed by atoms with Crippen molar-refractivity contribution in [1.29, 1.82) is 0 Å². The maximum Gasteiger partial charge on any atom is 0.0897 e. The van der Waals surface area contributed by atoms with E-state index < -0.39 is 6.10 Å². The summed E-state index contributed by atoms with van der Waals surface area (Å²) in [7, 11) is 0. The van der Waals surface area contributed by atoms with Crippen LogP contribution >= 0.6 is 11.8 Å². The second-order valence-corrected chi connectivity index (χ2v) is 7.36. The molecule has 2 N–H and O–H groups in total. The van der Waals surface area contributed by atoms with Gasteiger partial charge in [0.1, 0.15) is 0 Å². The molecule has 0 aliphatic carbocycles. The number of aliphatic hydroxyl groups is 1. The molecule has 0 bridgehead atoms. The van der Waals surface area contributed by atoms with E-state index in [9.17, 15) is 5.11 Å². The van der Waals surface area contributed by atoms with Crippen LogP contribution in [0.5, 0.6) is 0 Å². The average molecular weight is 291 g/mol. The summed E-state index contributed by atoms with van der Waals surface area (Å²) in [6.45, 7) is 9.37. The Labute approximate surface area is 121 Å². The van der Waals surface area contributed by atoms with Gasteiger partial charge in [0.25, 0.3) is 0 Å². The lowest BCUT2D eigenvalue weighted by Crippen LogP contribution is -2.38. The smallest absolute Gasteiger partial charge is 0.0897 e. The monoisotopic (exact) mass is 291 g/mol. The van der Waals surface area contributed by atoms with E-state index in [1.165, 1.54) is 18.6 Å². The number of nitrogens with one attached hydrogen (secondary N) is 1. The van der Waals surface area contributed by atoms with Crippen LogP contribution in [0.2, 0.25) is 0 Å². The third-order valence-corrected chi connectivity index (χ3v) is 4.71. The molecule has 1 aliphatic rings. The number of rotatable bonds is 10. The summed E-state index contributed by atoms with van der Waals surface area (Å²) in [5.41, 5.74) is 0. The van der Waals surface area contributed by atoms with Crippen LogP contribution in [0.3, 0.4) is 0 Å². The quantitative estimate of drug-likeness (QED) is 0.600. The summed E-state index contributed by atoms with van der Waals surface area (Å²) >= 11 is 2.03. The van der Waals surface area contributed by atoms with Crippen molar-refractivity contribution in [3.8, 4) is 0 Å². The molecule has 1 rings (SSSR count). The summed E-state index contributed by atoms with van der Waals surface area (Å²) in [5.74, 6) is 1.26. The van der Waals surface area contributed by atoms with Crippen molar-refractivity contribution in [2.75, 3.05) is 38.7 Å². The summed E-state index contributed by atoms with van der Waals surface area (Å²) in [6, 6.07) is 0. The van der Waals surface area contributed by atoms with Gasteiger partial charge in [-0.3, -0.25) is 0 Å². The zero-order chi connectivity index (χ0) is 14.1. The number of hydrogen-bond acceptors (Lipinski definition) is 5. The number of ether oxygens (including phenoxy) is 2. The number of hydrogen-bond donors (Lipinski definition) is 2. The van der Waals surface area contributed by atoms with Crippen molar-refractivity contribution in [3.63, 3.8) is 0 Å². The highest BCUT2D eigenvalue weighted by Crippen LogP contribution is 2.36. The molecular weight excluding hydrogens is 262 g/mol. The van der Waals surface area contributed by atoms with E-state index in [-0.39, 0.29) is 6.10 Å². The number of aliphatic hydroxyl groups excluding tert-OH is 1. The second-order valence-electron chi connectivity index (χ2n) is 5.68. The first kappa shape index (κ1) is 17.2. The molecule has 1 saturated heterocycles. The van der Waals surface area contributed by atoms with Crippen LogP contribution in [-0.2, 0) is 9.47 Å². The SMILES string of the molecule is CC(C)OCCOCC(O)CNCC1(C)CCCS1. The molecule has 114 valence electrons. The minimum Gasteiger partial charge on any atom is -0.389 e. The average Bonchev–Trinajstić information content (AvgIpc) is 2.75. The van der Waals surface area contributed by atoms with E-state index in [1.54, 1.807) is 0 Å². The third-order valence-electron chi connectivity index (χ3n) is 3.17. The highest BCUT2D eigenvalue weighted by atomic mass is 32.2. The first-order valence-electron chi connectivity index (χ1n) is 7.24. The topological polar surface area (TPSA) is 50.7 Å². The van der Waals surface area contributed by atoms with Crippen molar-refractivity contribution in [2.24, 2.45) is 0 Å². The van der Waals surface area contributed by atoms with Crippen LogP contribution in [0.4, 0.5) is 0 Å². The van der Waals surface area contributed by atoms with Gasteiger partial charge in [0.2, 0.25) is 0 Å². The van der Waals surface area contributed by atoms with Crippen molar-refractivity contribution in [3.05, 3.63) is 0 Å². The molecule has 1 aliphatic heterocycles. The molecule has 0 spiro atoms. The molecular formula is C14H29NO3S. The third kappa shape index (κ3) is 8.15. The summed E-state index contributed by atoms with van der Waals surface area (Å²) in [4.78, 5) is 0. The highest BCUT2D eigenvalue weighted by molar-refractivity contribution is 8.00. The molecule has 0 radical (unpaired) electrons. The predicted octanol–water partition coefficient (Wildman–Crippen LogP) is 1.66. The van der Waals surface area contributed by atoms with E-state index in [0.717, 1.165) is 6.54 Å². The Morgan fingerprint density at radius 1 is 1.37 bits per heavy atom.